The van der Waals surface area contributed by atoms with Gasteiger partial charge in [0.15, 0.2) is 11.6 Å². The number of rotatable bonds is 6. The van der Waals surface area contributed by atoms with Gasteiger partial charge in [-0.05, 0) is 77.9 Å². The van der Waals surface area contributed by atoms with E-state index in [1.807, 2.05) is 18.4 Å². The number of nitrogens with one attached hydrogen (secondary N) is 1. The third-order valence-corrected chi connectivity index (χ3v) is 9.01. The van der Waals surface area contributed by atoms with Gasteiger partial charge in [-0.25, -0.2) is 36.9 Å². The largest absolute Gasteiger partial charge is 0.444 e. The van der Waals surface area contributed by atoms with Gasteiger partial charge in [0.25, 0.3) is 0 Å². The number of benzene rings is 2. The van der Waals surface area contributed by atoms with Crippen molar-refractivity contribution >= 4 is 38.8 Å². The lowest BCUT2D eigenvalue weighted by atomic mass is 10.1. The highest BCUT2D eigenvalue weighted by Gasteiger charge is 2.32. The zero-order chi connectivity index (χ0) is 32.0. The molecule has 0 bridgehead atoms. The summed E-state index contributed by atoms with van der Waals surface area (Å²) in [5.74, 6) is -0.625. The molecule has 0 atom stereocenters. The normalized spacial score (nSPS) is 14.8. The molecule has 2 aromatic heterocycles. The molecule has 1 amide bonds. The molecule has 0 radical (unpaired) electrons. The molecule has 1 N–H and O–H groups in total. The first-order valence-corrected chi connectivity index (χ1v) is 15.6. The number of hydrogen-bond acceptors (Lipinski definition) is 8. The van der Waals surface area contributed by atoms with Crippen LogP contribution in [0.1, 0.15) is 46.5 Å². The van der Waals surface area contributed by atoms with Crippen molar-refractivity contribution in [3.63, 3.8) is 0 Å². The number of imidazole rings is 1. The molecule has 0 spiro atoms. The van der Waals surface area contributed by atoms with E-state index in [2.05, 4.69) is 20.3 Å². The smallest absolute Gasteiger partial charge is 0.410 e. The molecule has 1 fully saturated rings. The second-order valence-corrected chi connectivity index (χ2v) is 13.8. The fourth-order valence-corrected chi connectivity index (χ4v) is 6.54. The molecular weight excluding hydrogens is 592 g/mol. The molecule has 11 nitrogen and oxygen atoms in total. The van der Waals surface area contributed by atoms with Crippen molar-refractivity contribution < 1.29 is 26.7 Å². The Bertz CT molecular complexity index is 1810. The lowest BCUT2D eigenvalue weighted by Gasteiger charge is -2.35. The summed E-state index contributed by atoms with van der Waals surface area (Å²) in [7, 11) is -3.81. The van der Waals surface area contributed by atoms with E-state index in [0.717, 1.165) is 6.20 Å². The fourth-order valence-electron chi connectivity index (χ4n) is 5.11. The number of anilines is 2. The Balaban J connectivity index is 1.31. The number of piperazine rings is 1. The van der Waals surface area contributed by atoms with Crippen molar-refractivity contribution in [1.29, 1.82) is 0 Å². The number of aryl methyl sites for hydroxylation is 1. The summed E-state index contributed by atoms with van der Waals surface area (Å²) in [6.07, 6.45) is 0.521. The summed E-state index contributed by atoms with van der Waals surface area (Å²) in [6.45, 7) is 11.7. The summed E-state index contributed by atoms with van der Waals surface area (Å²) >= 11 is 0. The van der Waals surface area contributed by atoms with Crippen molar-refractivity contribution in [1.82, 2.24) is 28.7 Å². The molecule has 0 aliphatic carbocycles. The van der Waals surface area contributed by atoms with Crippen LogP contribution in [0.25, 0.3) is 22.3 Å². The van der Waals surface area contributed by atoms with Gasteiger partial charge in [0.05, 0.1) is 16.6 Å². The van der Waals surface area contributed by atoms with Crippen molar-refractivity contribution in [2.45, 2.75) is 58.1 Å². The van der Waals surface area contributed by atoms with Gasteiger partial charge in [-0.1, -0.05) is 0 Å². The fraction of sp³-hybridized carbons (Fsp3) is 0.400. The zero-order valence-corrected chi connectivity index (χ0v) is 26.2. The third kappa shape index (κ3) is 6.36. The Morgan fingerprint density at radius 2 is 1.66 bits per heavy atom. The van der Waals surface area contributed by atoms with Gasteiger partial charge in [0.1, 0.15) is 22.6 Å². The summed E-state index contributed by atoms with van der Waals surface area (Å²) in [5.41, 5.74) is 0.692. The number of sulfonamides is 1. The first-order valence-electron chi connectivity index (χ1n) is 14.2. The van der Waals surface area contributed by atoms with Gasteiger partial charge < -0.3 is 19.5 Å². The molecule has 14 heteroatoms. The minimum Gasteiger partial charge on any atom is -0.444 e. The van der Waals surface area contributed by atoms with Crippen molar-refractivity contribution in [3.8, 4) is 11.3 Å². The summed E-state index contributed by atoms with van der Waals surface area (Å²) in [6, 6.07) is 8.85. The number of hydrogen-bond donors (Lipinski definition) is 1. The molecule has 5 rings (SSSR count). The van der Waals surface area contributed by atoms with Crippen LogP contribution in [0.3, 0.4) is 0 Å². The second-order valence-electron chi connectivity index (χ2n) is 11.9. The summed E-state index contributed by atoms with van der Waals surface area (Å²) in [5, 5.41) is 2.96. The van der Waals surface area contributed by atoms with Crippen molar-refractivity contribution in [2.75, 3.05) is 31.5 Å². The predicted octanol–water partition coefficient (Wildman–Crippen LogP) is 5.65. The number of carbonyl (C=O) groups excluding carboxylic acids is 1. The molecule has 234 valence electrons. The topological polar surface area (TPSA) is 123 Å². The standard InChI is InChI=1S/C30H35F2N7O4S/c1-18(2)39-19(3)34-27-23(31)15-20(16-25(27)39)26-24(32)17-33-28(36-26)35-21-7-9-22(10-8-21)44(41,42)38-13-11-37(12-14-38)29(40)43-30(4,5)6/h7-10,15-18H,11-14H2,1-6H3,(H,33,35,36). The van der Waals surface area contributed by atoms with E-state index in [1.54, 1.807) is 45.9 Å². The van der Waals surface area contributed by atoms with Crippen LogP contribution >= 0.6 is 0 Å². The maximum Gasteiger partial charge on any atom is 0.410 e. The van der Waals surface area contributed by atoms with Gasteiger partial charge in [-0.15, -0.1) is 0 Å². The number of aromatic nitrogens is 4. The van der Waals surface area contributed by atoms with Crippen molar-refractivity contribution in [2.24, 2.45) is 0 Å². The van der Waals surface area contributed by atoms with Gasteiger partial charge in [0, 0.05) is 43.5 Å². The van der Waals surface area contributed by atoms with Crippen LogP contribution in [0.15, 0.2) is 47.5 Å². The molecule has 1 saturated heterocycles. The minimum absolute atomic E-state index is 0.00995. The molecule has 3 heterocycles. The monoisotopic (exact) mass is 627 g/mol. The molecule has 0 saturated carbocycles. The highest BCUT2D eigenvalue weighted by molar-refractivity contribution is 7.89. The predicted molar refractivity (Wildman–Crippen MR) is 162 cm³/mol. The molecule has 44 heavy (non-hydrogen) atoms. The van der Waals surface area contributed by atoms with Crippen LogP contribution < -0.4 is 5.32 Å². The van der Waals surface area contributed by atoms with Gasteiger partial charge >= 0.3 is 6.09 Å². The quantitative estimate of drug-likeness (QED) is 0.291. The Labute approximate surface area is 254 Å². The maximum absolute atomic E-state index is 15.0. The lowest BCUT2D eigenvalue weighted by molar-refractivity contribution is 0.0192. The molecule has 0 unspecified atom stereocenters. The Morgan fingerprint density at radius 3 is 2.27 bits per heavy atom. The highest BCUT2D eigenvalue weighted by atomic mass is 32.2. The van der Waals surface area contributed by atoms with Gasteiger partial charge in [-0.2, -0.15) is 4.31 Å². The molecule has 1 aliphatic heterocycles. The average Bonchev–Trinajstić information content (AvgIpc) is 3.30. The Kier molecular flexibility index (Phi) is 8.33. The van der Waals surface area contributed by atoms with E-state index in [-0.39, 0.29) is 59.8 Å². The van der Waals surface area contributed by atoms with E-state index < -0.39 is 33.4 Å². The van der Waals surface area contributed by atoms with E-state index in [1.165, 1.54) is 27.4 Å². The number of fused-ring (bicyclic) bond motifs is 1. The van der Waals surface area contributed by atoms with Crippen LogP contribution in [0, 0.1) is 18.6 Å². The van der Waals surface area contributed by atoms with E-state index in [0.29, 0.717) is 17.0 Å². The SMILES string of the molecule is Cc1nc2c(F)cc(-c3nc(Nc4ccc(S(=O)(=O)N5CCN(C(=O)OC(C)(C)C)CC5)cc4)ncc3F)cc2n1C(C)C. The molecule has 1 aliphatic rings. The van der Waals surface area contributed by atoms with Crippen LogP contribution in [-0.2, 0) is 14.8 Å². The van der Waals surface area contributed by atoms with E-state index in [4.69, 9.17) is 4.74 Å². The first kappa shape index (κ1) is 31.3. The van der Waals surface area contributed by atoms with Crippen LogP contribution in [0.4, 0.5) is 25.2 Å². The zero-order valence-electron chi connectivity index (χ0n) is 25.4. The van der Waals surface area contributed by atoms with E-state index in [9.17, 15) is 17.6 Å². The van der Waals surface area contributed by atoms with Gasteiger partial charge in [-0.3, -0.25) is 0 Å². The number of carbonyl (C=O) groups is 1. The Hall–Kier alpha value is -4.17. The van der Waals surface area contributed by atoms with Crippen LogP contribution in [0.2, 0.25) is 0 Å². The van der Waals surface area contributed by atoms with Crippen LogP contribution in [0.5, 0.6) is 0 Å². The molecular formula is C30H35F2N7O4S. The lowest BCUT2D eigenvalue weighted by Crippen LogP contribution is -2.51. The maximum atomic E-state index is 15.0. The second kappa shape index (κ2) is 11.7. The minimum atomic E-state index is -3.81. The first-order chi connectivity index (χ1) is 20.6. The molecule has 4 aromatic rings. The summed E-state index contributed by atoms with van der Waals surface area (Å²) in [4.78, 5) is 26.5. The molecule has 2 aromatic carbocycles. The number of ether oxygens (including phenoxy) is 1. The van der Waals surface area contributed by atoms with Gasteiger partial charge in [0.2, 0.25) is 16.0 Å². The third-order valence-electron chi connectivity index (χ3n) is 7.10. The number of nitrogens with zero attached hydrogens (tertiary/aromatic N) is 6. The van der Waals surface area contributed by atoms with Crippen LogP contribution in [-0.4, -0.2) is 75.0 Å². The number of halogens is 2. The van der Waals surface area contributed by atoms with E-state index >= 15 is 4.39 Å². The summed E-state index contributed by atoms with van der Waals surface area (Å²) < 4.78 is 65.0. The highest BCUT2D eigenvalue weighted by Crippen LogP contribution is 2.31. The number of amides is 1. The Morgan fingerprint density at radius 1 is 1.00 bits per heavy atom. The average molecular weight is 628 g/mol. The van der Waals surface area contributed by atoms with Crippen molar-refractivity contribution in [3.05, 3.63) is 60.1 Å².